The molecule has 0 aromatic heterocycles. The molecule has 0 saturated heterocycles. The number of aliphatic hydroxyl groups excluding tert-OH is 1. The average molecular weight is 259 g/mol. The minimum absolute atomic E-state index is 0.0836. The van der Waals surface area contributed by atoms with Crippen LogP contribution in [0.4, 0.5) is 0 Å². The Hall–Kier alpha value is -1.11. The predicted octanol–water partition coefficient (Wildman–Crippen LogP) is 0.663. The number of hydrogen-bond acceptors (Lipinski definition) is 4. The maximum Gasteiger partial charge on any atom is 0.244 e. The van der Waals surface area contributed by atoms with E-state index >= 15 is 0 Å². The van der Waals surface area contributed by atoms with Gasteiger partial charge in [-0.2, -0.15) is 0 Å². The van der Waals surface area contributed by atoms with Crippen LogP contribution in [0.1, 0.15) is 12.5 Å². The molecule has 0 unspecified atom stereocenters. The number of ether oxygens (including phenoxy) is 1. The monoisotopic (exact) mass is 259 g/mol. The zero-order valence-corrected chi connectivity index (χ0v) is 10.9. The molecule has 6 heteroatoms. The van der Waals surface area contributed by atoms with Crippen molar-refractivity contribution in [3.05, 3.63) is 23.8 Å². The largest absolute Gasteiger partial charge is 0.495 e. The third kappa shape index (κ3) is 3.42. The molecular formula is C11H17NO4S. The summed E-state index contributed by atoms with van der Waals surface area (Å²) in [7, 11) is -2.26. The van der Waals surface area contributed by atoms with Gasteiger partial charge in [-0.1, -0.05) is 6.07 Å². The van der Waals surface area contributed by atoms with Gasteiger partial charge in [0, 0.05) is 6.04 Å². The molecule has 1 rings (SSSR count). The molecule has 17 heavy (non-hydrogen) atoms. The van der Waals surface area contributed by atoms with Gasteiger partial charge in [0.1, 0.15) is 10.6 Å². The quantitative estimate of drug-likeness (QED) is 0.814. The lowest BCUT2D eigenvalue weighted by Crippen LogP contribution is -2.35. The van der Waals surface area contributed by atoms with Crippen molar-refractivity contribution in [2.24, 2.45) is 0 Å². The van der Waals surface area contributed by atoms with E-state index in [0.717, 1.165) is 5.56 Å². The van der Waals surface area contributed by atoms with Crippen LogP contribution in [0, 0.1) is 6.92 Å². The summed E-state index contributed by atoms with van der Waals surface area (Å²) >= 11 is 0. The Morgan fingerprint density at radius 3 is 2.65 bits per heavy atom. The van der Waals surface area contributed by atoms with E-state index in [2.05, 4.69) is 4.72 Å². The van der Waals surface area contributed by atoms with Crippen molar-refractivity contribution in [1.29, 1.82) is 0 Å². The first-order valence-electron chi connectivity index (χ1n) is 5.18. The van der Waals surface area contributed by atoms with Gasteiger partial charge in [0.05, 0.1) is 13.7 Å². The van der Waals surface area contributed by atoms with Crippen LogP contribution < -0.4 is 9.46 Å². The third-order valence-corrected chi connectivity index (χ3v) is 3.85. The fourth-order valence-corrected chi connectivity index (χ4v) is 2.85. The molecule has 0 fully saturated rings. The summed E-state index contributed by atoms with van der Waals surface area (Å²) in [6.45, 7) is 3.13. The van der Waals surface area contributed by atoms with Crippen molar-refractivity contribution < 1.29 is 18.3 Å². The summed E-state index contributed by atoms with van der Waals surface area (Å²) in [5, 5.41) is 8.87. The molecule has 1 aromatic rings. The van der Waals surface area contributed by atoms with E-state index in [1.54, 1.807) is 26.0 Å². The standard InChI is InChI=1S/C11H17NO4S/c1-8-4-5-10(16-3)11(6-8)17(14,15)12-9(2)7-13/h4-6,9,12-13H,7H2,1-3H3/t9-/m0/s1. The first-order valence-corrected chi connectivity index (χ1v) is 6.67. The molecule has 2 N–H and O–H groups in total. The Morgan fingerprint density at radius 1 is 1.47 bits per heavy atom. The summed E-state index contributed by atoms with van der Waals surface area (Å²) in [6.07, 6.45) is 0. The van der Waals surface area contributed by atoms with Crippen LogP contribution in [0.25, 0.3) is 0 Å². The molecule has 1 atom stereocenters. The van der Waals surface area contributed by atoms with Crippen LogP contribution in [0.2, 0.25) is 0 Å². The van der Waals surface area contributed by atoms with Gasteiger partial charge < -0.3 is 9.84 Å². The van der Waals surface area contributed by atoms with E-state index in [-0.39, 0.29) is 17.3 Å². The first kappa shape index (κ1) is 14.0. The highest BCUT2D eigenvalue weighted by Gasteiger charge is 2.21. The van der Waals surface area contributed by atoms with Crippen molar-refractivity contribution in [3.8, 4) is 5.75 Å². The normalized spacial score (nSPS) is 13.4. The lowest BCUT2D eigenvalue weighted by molar-refractivity contribution is 0.265. The van der Waals surface area contributed by atoms with Gasteiger partial charge in [-0.3, -0.25) is 0 Å². The molecule has 0 radical (unpaired) electrons. The Labute approximate surface area is 101 Å². The molecule has 96 valence electrons. The second kappa shape index (κ2) is 5.48. The number of nitrogens with one attached hydrogen (secondary N) is 1. The van der Waals surface area contributed by atoms with E-state index in [0.29, 0.717) is 0 Å². The van der Waals surface area contributed by atoms with Crippen LogP contribution >= 0.6 is 0 Å². The Kier molecular flexibility index (Phi) is 4.50. The van der Waals surface area contributed by atoms with Crippen LogP contribution in [-0.4, -0.2) is 33.3 Å². The van der Waals surface area contributed by atoms with E-state index < -0.39 is 16.1 Å². The van der Waals surface area contributed by atoms with Crippen molar-refractivity contribution >= 4 is 10.0 Å². The first-order chi connectivity index (χ1) is 7.90. The molecule has 1 aromatic carbocycles. The zero-order valence-electron chi connectivity index (χ0n) is 10.1. The molecule has 0 amide bonds. The average Bonchev–Trinajstić information content (AvgIpc) is 2.28. The van der Waals surface area contributed by atoms with E-state index in [9.17, 15) is 8.42 Å². The highest BCUT2D eigenvalue weighted by atomic mass is 32.2. The predicted molar refractivity (Wildman–Crippen MR) is 64.6 cm³/mol. The van der Waals surface area contributed by atoms with Crippen molar-refractivity contribution in [1.82, 2.24) is 4.72 Å². The SMILES string of the molecule is COc1ccc(C)cc1S(=O)(=O)N[C@@H](C)CO. The highest BCUT2D eigenvalue weighted by molar-refractivity contribution is 7.89. The summed E-state index contributed by atoms with van der Waals surface area (Å²) in [5.41, 5.74) is 0.822. The van der Waals surface area contributed by atoms with Crippen LogP contribution in [0.5, 0.6) is 5.75 Å². The smallest absolute Gasteiger partial charge is 0.244 e. The second-order valence-corrected chi connectivity index (χ2v) is 5.54. The summed E-state index contributed by atoms with van der Waals surface area (Å²) < 4.78 is 31.4. The molecule has 0 heterocycles. The maximum absolute atomic E-state index is 12.0. The Balaban J connectivity index is 3.18. The molecule has 0 aliphatic heterocycles. The fraction of sp³-hybridized carbons (Fsp3) is 0.455. The lowest BCUT2D eigenvalue weighted by Gasteiger charge is -2.14. The Bertz CT molecular complexity index is 484. The molecule has 0 saturated carbocycles. The summed E-state index contributed by atoms with van der Waals surface area (Å²) in [6, 6.07) is 4.37. The van der Waals surface area contributed by atoms with Gasteiger partial charge in [0.2, 0.25) is 10.0 Å². The molecule has 0 bridgehead atoms. The topological polar surface area (TPSA) is 75.6 Å². The molecule has 5 nitrogen and oxygen atoms in total. The summed E-state index contributed by atoms with van der Waals surface area (Å²) in [4.78, 5) is 0.0836. The van der Waals surface area contributed by atoms with Gasteiger partial charge in [-0.05, 0) is 31.5 Å². The minimum Gasteiger partial charge on any atom is -0.495 e. The van der Waals surface area contributed by atoms with E-state index in [4.69, 9.17) is 9.84 Å². The summed E-state index contributed by atoms with van der Waals surface area (Å²) in [5.74, 6) is 0.285. The molecule has 0 aliphatic rings. The number of benzene rings is 1. The zero-order chi connectivity index (χ0) is 13.1. The number of aliphatic hydroxyl groups is 1. The second-order valence-electron chi connectivity index (χ2n) is 3.86. The lowest BCUT2D eigenvalue weighted by atomic mass is 10.2. The van der Waals surface area contributed by atoms with Gasteiger partial charge in [-0.15, -0.1) is 0 Å². The van der Waals surface area contributed by atoms with E-state index in [1.807, 2.05) is 0 Å². The number of hydrogen-bond donors (Lipinski definition) is 2. The number of sulfonamides is 1. The van der Waals surface area contributed by atoms with Crippen molar-refractivity contribution in [3.63, 3.8) is 0 Å². The van der Waals surface area contributed by atoms with E-state index in [1.165, 1.54) is 13.2 Å². The number of methoxy groups -OCH3 is 1. The van der Waals surface area contributed by atoms with Gasteiger partial charge >= 0.3 is 0 Å². The van der Waals surface area contributed by atoms with Gasteiger partial charge in [-0.25, -0.2) is 13.1 Å². The van der Waals surface area contributed by atoms with Gasteiger partial charge in [0.15, 0.2) is 0 Å². The number of aryl methyl sites for hydroxylation is 1. The number of rotatable bonds is 5. The van der Waals surface area contributed by atoms with Crippen LogP contribution in [0.15, 0.2) is 23.1 Å². The molecular weight excluding hydrogens is 242 g/mol. The molecule has 0 spiro atoms. The van der Waals surface area contributed by atoms with Crippen LogP contribution in [0.3, 0.4) is 0 Å². The third-order valence-electron chi connectivity index (χ3n) is 2.24. The molecule has 0 aliphatic carbocycles. The maximum atomic E-state index is 12.0. The highest BCUT2D eigenvalue weighted by Crippen LogP contribution is 2.24. The minimum atomic E-state index is -3.67. The van der Waals surface area contributed by atoms with Crippen molar-refractivity contribution in [2.75, 3.05) is 13.7 Å². The van der Waals surface area contributed by atoms with Crippen molar-refractivity contribution in [2.45, 2.75) is 24.8 Å². The Morgan fingerprint density at radius 2 is 2.12 bits per heavy atom. The van der Waals surface area contributed by atoms with Gasteiger partial charge in [0.25, 0.3) is 0 Å². The fourth-order valence-electron chi connectivity index (χ4n) is 1.36. The van der Waals surface area contributed by atoms with Crippen LogP contribution in [-0.2, 0) is 10.0 Å².